The minimum absolute atomic E-state index is 0.956. The molecule has 4 rings (SSSR count). The topological polar surface area (TPSA) is 9.23 Å². The van der Waals surface area contributed by atoms with Crippen molar-refractivity contribution in [1.82, 2.24) is 0 Å². The number of hydrogen-bond acceptors (Lipinski definition) is 1. The molecule has 36 heavy (non-hydrogen) atoms. The maximum atomic E-state index is 5.56. The predicted octanol–water partition coefficient (Wildman–Crippen LogP) is 7.57. The molecule has 2 heteroatoms. The van der Waals surface area contributed by atoms with E-state index in [0.717, 1.165) is 11.9 Å². The highest BCUT2D eigenvalue weighted by molar-refractivity contribution is 7.95. The summed E-state index contributed by atoms with van der Waals surface area (Å²) in [5, 5.41) is 4.23. The standard InChI is InChI=1S/C34H36OP/c1-26(21-22-33-27(2)25-34(35-5)29(4)28(33)3)23-24-36(30-15-9-6-10-16-30,31-17-11-7-12-18-31)32-19-13-8-14-20-32/h6-23,25H,24H2,1-5H3/q+1/b22-21+,26-23-. The van der Waals surface area contributed by atoms with E-state index in [1.165, 1.54) is 43.7 Å². The highest BCUT2D eigenvalue weighted by Crippen LogP contribution is 2.55. The average Bonchev–Trinajstić information content (AvgIpc) is 2.93. The predicted molar refractivity (Wildman–Crippen MR) is 160 cm³/mol. The number of hydrogen-bond donors (Lipinski definition) is 0. The fourth-order valence-electron chi connectivity index (χ4n) is 4.91. The average molecular weight is 492 g/mol. The van der Waals surface area contributed by atoms with Crippen LogP contribution in [0.25, 0.3) is 6.08 Å². The third-order valence-electron chi connectivity index (χ3n) is 7.12. The molecule has 0 aliphatic carbocycles. The van der Waals surface area contributed by atoms with Gasteiger partial charge < -0.3 is 4.74 Å². The van der Waals surface area contributed by atoms with Gasteiger partial charge in [0.2, 0.25) is 0 Å². The summed E-state index contributed by atoms with van der Waals surface area (Å²) in [4.78, 5) is 0. The Morgan fingerprint density at radius 2 is 1.19 bits per heavy atom. The van der Waals surface area contributed by atoms with Crippen LogP contribution in [0.4, 0.5) is 0 Å². The second-order valence-electron chi connectivity index (χ2n) is 9.34. The Balaban J connectivity index is 1.78. The Bertz CT molecular complexity index is 1260. The molecule has 0 heterocycles. The number of rotatable bonds is 8. The lowest BCUT2D eigenvalue weighted by atomic mass is 9.96. The van der Waals surface area contributed by atoms with E-state index in [-0.39, 0.29) is 0 Å². The van der Waals surface area contributed by atoms with Gasteiger partial charge in [0.1, 0.15) is 28.9 Å². The Kier molecular flexibility index (Phi) is 8.24. The summed E-state index contributed by atoms with van der Waals surface area (Å²) in [6.07, 6.45) is 7.92. The lowest BCUT2D eigenvalue weighted by Gasteiger charge is -2.26. The molecule has 0 amide bonds. The van der Waals surface area contributed by atoms with E-state index < -0.39 is 7.26 Å². The van der Waals surface area contributed by atoms with Crippen molar-refractivity contribution in [1.29, 1.82) is 0 Å². The summed E-state index contributed by atoms with van der Waals surface area (Å²) >= 11 is 0. The zero-order valence-corrected chi connectivity index (χ0v) is 22.9. The molecule has 0 aliphatic rings. The van der Waals surface area contributed by atoms with Crippen LogP contribution < -0.4 is 20.7 Å². The van der Waals surface area contributed by atoms with Gasteiger partial charge in [0.05, 0.1) is 13.3 Å². The lowest BCUT2D eigenvalue weighted by molar-refractivity contribution is 0.411. The zero-order valence-electron chi connectivity index (χ0n) is 22.0. The van der Waals surface area contributed by atoms with E-state index in [1.54, 1.807) is 7.11 Å². The van der Waals surface area contributed by atoms with Crippen LogP contribution >= 0.6 is 7.26 Å². The van der Waals surface area contributed by atoms with Crippen LogP contribution in [-0.4, -0.2) is 13.3 Å². The third kappa shape index (κ3) is 5.23. The van der Waals surface area contributed by atoms with Gasteiger partial charge in [-0.25, -0.2) is 0 Å². The molecule has 4 aromatic carbocycles. The van der Waals surface area contributed by atoms with Crippen molar-refractivity contribution < 1.29 is 4.74 Å². The van der Waals surface area contributed by atoms with Crippen LogP contribution in [0.1, 0.15) is 29.2 Å². The molecular weight excluding hydrogens is 455 g/mol. The summed E-state index contributed by atoms with van der Waals surface area (Å²) in [5.74, 6) is 0.956. The number of benzene rings is 4. The summed E-state index contributed by atoms with van der Waals surface area (Å²) in [7, 11) is -0.126. The summed E-state index contributed by atoms with van der Waals surface area (Å²) in [5.41, 5.74) is 6.26. The van der Waals surface area contributed by atoms with E-state index >= 15 is 0 Å². The van der Waals surface area contributed by atoms with Gasteiger partial charge in [-0.2, -0.15) is 0 Å². The molecule has 0 spiro atoms. The molecule has 0 N–H and O–H groups in total. The molecule has 0 atom stereocenters. The monoisotopic (exact) mass is 491 g/mol. The van der Waals surface area contributed by atoms with Gasteiger partial charge in [0.15, 0.2) is 0 Å². The van der Waals surface area contributed by atoms with Crippen molar-refractivity contribution >= 4 is 29.3 Å². The van der Waals surface area contributed by atoms with Crippen molar-refractivity contribution in [2.75, 3.05) is 13.3 Å². The Hall–Kier alpha value is -3.41. The SMILES string of the molecule is COc1cc(C)c(/C=C/C(C)=C\C[P+](c2ccccc2)(c2ccccc2)c2ccccc2)c(C)c1C. The number of aryl methyl sites for hydroxylation is 1. The van der Waals surface area contributed by atoms with Gasteiger partial charge >= 0.3 is 0 Å². The van der Waals surface area contributed by atoms with Crippen LogP contribution in [0.2, 0.25) is 0 Å². The lowest BCUT2D eigenvalue weighted by Crippen LogP contribution is -2.33. The molecule has 0 bridgehead atoms. The van der Waals surface area contributed by atoms with Gasteiger partial charge in [-0.05, 0) is 98.5 Å². The first-order chi connectivity index (χ1) is 17.5. The highest BCUT2D eigenvalue weighted by atomic mass is 31.2. The quantitative estimate of drug-likeness (QED) is 0.182. The molecule has 0 aliphatic heterocycles. The number of ether oxygens (including phenoxy) is 1. The van der Waals surface area contributed by atoms with Gasteiger partial charge in [0, 0.05) is 0 Å². The molecule has 0 fully saturated rings. The molecule has 0 saturated carbocycles. The van der Waals surface area contributed by atoms with E-state index in [0.29, 0.717) is 0 Å². The fourth-order valence-corrected chi connectivity index (χ4v) is 9.04. The molecule has 1 nitrogen and oxygen atoms in total. The van der Waals surface area contributed by atoms with Crippen molar-refractivity contribution in [3.63, 3.8) is 0 Å². The zero-order chi connectivity index (χ0) is 25.5. The van der Waals surface area contributed by atoms with Crippen LogP contribution in [0.5, 0.6) is 5.75 Å². The van der Waals surface area contributed by atoms with Gasteiger partial charge in [-0.3, -0.25) is 0 Å². The second-order valence-corrected chi connectivity index (χ2v) is 12.9. The molecule has 0 aromatic heterocycles. The van der Waals surface area contributed by atoms with Crippen LogP contribution in [0.15, 0.2) is 115 Å². The molecular formula is C34H36OP+. The van der Waals surface area contributed by atoms with Gasteiger partial charge in [-0.15, -0.1) is 0 Å². The number of methoxy groups -OCH3 is 1. The first kappa shape index (κ1) is 25.7. The first-order valence-electron chi connectivity index (χ1n) is 12.5. The summed E-state index contributed by atoms with van der Waals surface area (Å²) < 4.78 is 5.56. The maximum absolute atomic E-state index is 5.56. The second kappa shape index (κ2) is 11.5. The molecule has 0 unspecified atom stereocenters. The first-order valence-corrected chi connectivity index (χ1v) is 14.5. The van der Waals surface area contributed by atoms with E-state index in [4.69, 9.17) is 4.74 Å². The normalized spacial score (nSPS) is 12.2. The Morgan fingerprint density at radius 3 is 1.64 bits per heavy atom. The summed E-state index contributed by atoms with van der Waals surface area (Å²) in [6, 6.07) is 35.3. The van der Waals surface area contributed by atoms with E-state index in [9.17, 15) is 0 Å². The largest absolute Gasteiger partial charge is 0.496 e. The van der Waals surface area contributed by atoms with Crippen molar-refractivity contribution in [3.8, 4) is 5.75 Å². The van der Waals surface area contributed by atoms with Crippen LogP contribution in [0, 0.1) is 20.8 Å². The van der Waals surface area contributed by atoms with Crippen molar-refractivity contribution in [3.05, 3.63) is 137 Å². The molecule has 4 aromatic rings. The van der Waals surface area contributed by atoms with Crippen LogP contribution in [0.3, 0.4) is 0 Å². The fraction of sp³-hybridized carbons (Fsp3) is 0.176. The third-order valence-corrected chi connectivity index (χ3v) is 11.4. The minimum Gasteiger partial charge on any atom is -0.496 e. The van der Waals surface area contributed by atoms with Gasteiger partial charge in [-0.1, -0.05) is 72.3 Å². The highest BCUT2D eigenvalue weighted by Gasteiger charge is 2.44. The van der Waals surface area contributed by atoms with Crippen molar-refractivity contribution in [2.24, 2.45) is 0 Å². The van der Waals surface area contributed by atoms with E-state index in [2.05, 4.69) is 143 Å². The smallest absolute Gasteiger partial charge is 0.122 e. The Morgan fingerprint density at radius 1 is 0.722 bits per heavy atom. The Labute approximate surface area is 217 Å². The maximum Gasteiger partial charge on any atom is 0.122 e. The molecule has 0 radical (unpaired) electrons. The molecule has 182 valence electrons. The van der Waals surface area contributed by atoms with Crippen molar-refractivity contribution in [2.45, 2.75) is 27.7 Å². The minimum atomic E-state index is -1.87. The summed E-state index contributed by atoms with van der Waals surface area (Å²) in [6.45, 7) is 8.68. The number of allylic oxidation sites excluding steroid dienone is 3. The van der Waals surface area contributed by atoms with Gasteiger partial charge in [0.25, 0.3) is 0 Å². The molecule has 0 saturated heterocycles. The van der Waals surface area contributed by atoms with Crippen LogP contribution in [-0.2, 0) is 0 Å². The van der Waals surface area contributed by atoms with E-state index in [1.807, 2.05) is 0 Å².